The number of unbranched alkanes of at least 4 members (excludes halogenated alkanes) is 2. The first-order chi connectivity index (χ1) is 17.5. The highest BCUT2D eigenvalue weighted by molar-refractivity contribution is 5.96. The molecular formula is C28H36N2O6. The Balaban J connectivity index is 1.48. The zero-order valence-electron chi connectivity index (χ0n) is 21.1. The van der Waals surface area contributed by atoms with Gasteiger partial charge in [0.15, 0.2) is 0 Å². The van der Waals surface area contributed by atoms with Crippen LogP contribution in [0.5, 0.6) is 23.0 Å². The molecule has 0 bridgehead atoms. The van der Waals surface area contributed by atoms with Crippen LogP contribution in [0.3, 0.4) is 0 Å². The van der Waals surface area contributed by atoms with Gasteiger partial charge in [-0.1, -0.05) is 0 Å². The number of ether oxygens (including phenoxy) is 4. The normalized spacial score (nSPS) is 13.2. The van der Waals surface area contributed by atoms with E-state index in [-0.39, 0.29) is 12.5 Å². The van der Waals surface area contributed by atoms with E-state index in [1.165, 1.54) is 0 Å². The summed E-state index contributed by atoms with van der Waals surface area (Å²) in [5.74, 6) is 5.34. The van der Waals surface area contributed by atoms with Crippen LogP contribution in [-0.2, 0) is 17.6 Å². The summed E-state index contributed by atoms with van der Waals surface area (Å²) in [7, 11) is 3.25. The predicted octanol–water partition coefficient (Wildman–Crippen LogP) is 3.34. The molecule has 0 saturated heterocycles. The van der Waals surface area contributed by atoms with Gasteiger partial charge in [-0.25, -0.2) is 0 Å². The fourth-order valence-electron chi connectivity index (χ4n) is 3.96. The minimum Gasteiger partial charge on any atom is -0.497 e. The van der Waals surface area contributed by atoms with Crippen LogP contribution in [-0.4, -0.2) is 57.6 Å². The fourth-order valence-corrected chi connectivity index (χ4v) is 3.96. The Kier molecular flexibility index (Phi) is 10.7. The third-order valence-corrected chi connectivity index (χ3v) is 5.88. The molecule has 2 aromatic carbocycles. The Morgan fingerprint density at radius 2 is 1.83 bits per heavy atom. The second-order valence-corrected chi connectivity index (χ2v) is 8.61. The number of rotatable bonds is 15. The number of hydrogen-bond acceptors (Lipinski definition) is 7. The maximum atomic E-state index is 12.0. The molecule has 2 aromatic rings. The fraction of sp³-hybridized carbons (Fsp3) is 0.464. The predicted molar refractivity (Wildman–Crippen MR) is 139 cm³/mol. The van der Waals surface area contributed by atoms with Crippen LogP contribution in [0, 0.1) is 12.3 Å². The number of terminal acetylenes is 1. The molecule has 0 aliphatic carbocycles. The van der Waals surface area contributed by atoms with Gasteiger partial charge in [0.1, 0.15) is 35.7 Å². The van der Waals surface area contributed by atoms with Crippen molar-refractivity contribution in [3.05, 3.63) is 41.5 Å². The average molecular weight is 497 g/mol. The lowest BCUT2D eigenvalue weighted by atomic mass is 10.0. The molecule has 36 heavy (non-hydrogen) atoms. The molecule has 0 fully saturated rings. The van der Waals surface area contributed by atoms with E-state index in [0.29, 0.717) is 49.7 Å². The number of aliphatic hydroxyl groups is 1. The van der Waals surface area contributed by atoms with Crippen LogP contribution in [0.4, 0.5) is 5.69 Å². The molecule has 3 N–H and O–H groups in total. The molecule has 1 heterocycles. The van der Waals surface area contributed by atoms with Crippen molar-refractivity contribution in [2.45, 2.75) is 44.6 Å². The number of fused-ring (bicyclic) bond motifs is 1. The summed E-state index contributed by atoms with van der Waals surface area (Å²) in [6.07, 6.45) is 8.76. The van der Waals surface area contributed by atoms with E-state index in [9.17, 15) is 9.90 Å². The van der Waals surface area contributed by atoms with Crippen molar-refractivity contribution in [3.8, 4) is 35.3 Å². The SMILES string of the molecule is C#CCCCCOc1ccc(OCC(O)CNCCc2cc(OC)cc(OC)c2)c2c1NC(=O)CC2. The monoisotopic (exact) mass is 496 g/mol. The van der Waals surface area contributed by atoms with E-state index in [1.54, 1.807) is 20.3 Å². The zero-order chi connectivity index (χ0) is 25.8. The molecule has 3 rings (SSSR count). The summed E-state index contributed by atoms with van der Waals surface area (Å²) in [6, 6.07) is 9.41. The number of methoxy groups -OCH3 is 2. The van der Waals surface area contributed by atoms with E-state index in [4.69, 9.17) is 25.4 Å². The van der Waals surface area contributed by atoms with Gasteiger partial charge in [0.2, 0.25) is 5.91 Å². The summed E-state index contributed by atoms with van der Waals surface area (Å²) in [6.45, 7) is 1.73. The Bertz CT molecular complexity index is 1030. The first-order valence-electron chi connectivity index (χ1n) is 12.3. The molecule has 1 aliphatic rings. The molecule has 0 radical (unpaired) electrons. The van der Waals surface area contributed by atoms with Crippen molar-refractivity contribution >= 4 is 11.6 Å². The van der Waals surface area contributed by atoms with Gasteiger partial charge in [-0.3, -0.25) is 4.79 Å². The quantitative estimate of drug-likeness (QED) is 0.257. The number of anilines is 1. The van der Waals surface area contributed by atoms with Gasteiger partial charge in [-0.2, -0.15) is 0 Å². The Morgan fingerprint density at radius 1 is 1.08 bits per heavy atom. The zero-order valence-corrected chi connectivity index (χ0v) is 21.1. The van der Waals surface area contributed by atoms with Crippen molar-refractivity contribution in [3.63, 3.8) is 0 Å². The number of amides is 1. The van der Waals surface area contributed by atoms with Crippen LogP contribution in [0.25, 0.3) is 0 Å². The van der Waals surface area contributed by atoms with Gasteiger partial charge in [0, 0.05) is 31.0 Å². The second kappa shape index (κ2) is 14.2. The van der Waals surface area contributed by atoms with E-state index in [2.05, 4.69) is 16.6 Å². The van der Waals surface area contributed by atoms with E-state index in [0.717, 1.165) is 48.3 Å². The number of hydrogen-bond donors (Lipinski definition) is 3. The van der Waals surface area contributed by atoms with Crippen LogP contribution in [0.15, 0.2) is 30.3 Å². The van der Waals surface area contributed by atoms with Crippen LogP contribution >= 0.6 is 0 Å². The van der Waals surface area contributed by atoms with Crippen molar-refractivity contribution in [2.75, 3.05) is 45.8 Å². The van der Waals surface area contributed by atoms with Crippen molar-refractivity contribution in [2.24, 2.45) is 0 Å². The molecule has 8 heteroatoms. The maximum absolute atomic E-state index is 12.0. The summed E-state index contributed by atoms with van der Waals surface area (Å²) >= 11 is 0. The first kappa shape index (κ1) is 27.2. The van der Waals surface area contributed by atoms with E-state index in [1.807, 2.05) is 24.3 Å². The van der Waals surface area contributed by atoms with Gasteiger partial charge in [-0.15, -0.1) is 12.3 Å². The molecule has 0 aromatic heterocycles. The summed E-state index contributed by atoms with van der Waals surface area (Å²) in [4.78, 5) is 12.0. The first-order valence-corrected chi connectivity index (χ1v) is 12.3. The van der Waals surface area contributed by atoms with Gasteiger partial charge < -0.3 is 34.7 Å². The van der Waals surface area contributed by atoms with E-state index >= 15 is 0 Å². The molecule has 0 saturated carbocycles. The lowest BCUT2D eigenvalue weighted by Gasteiger charge is -2.24. The highest BCUT2D eigenvalue weighted by atomic mass is 16.5. The Labute approximate surface area is 213 Å². The standard InChI is InChI=1S/C28H36N2O6/c1-4-5-6-7-14-35-26-10-9-25(24-8-11-27(32)30-28(24)26)36-19-21(31)18-29-13-12-20-15-22(33-2)17-23(16-20)34-3/h1,9-10,15-17,21,29,31H,5-8,11-14,18-19H2,2-3H3,(H,30,32). The average Bonchev–Trinajstić information content (AvgIpc) is 2.89. The van der Waals surface area contributed by atoms with Crippen LogP contribution < -0.4 is 29.6 Å². The van der Waals surface area contributed by atoms with Crippen molar-refractivity contribution in [1.29, 1.82) is 0 Å². The summed E-state index contributed by atoms with van der Waals surface area (Å²) in [5.41, 5.74) is 2.63. The molecular weight excluding hydrogens is 460 g/mol. The van der Waals surface area contributed by atoms with Crippen LogP contribution in [0.1, 0.15) is 36.8 Å². The lowest BCUT2D eigenvalue weighted by molar-refractivity contribution is -0.116. The van der Waals surface area contributed by atoms with Gasteiger partial charge >= 0.3 is 0 Å². The largest absolute Gasteiger partial charge is 0.497 e. The van der Waals surface area contributed by atoms with Crippen molar-refractivity contribution in [1.82, 2.24) is 5.32 Å². The molecule has 194 valence electrons. The topological polar surface area (TPSA) is 98.3 Å². The van der Waals surface area contributed by atoms with Gasteiger partial charge in [-0.05, 0) is 62.1 Å². The highest BCUT2D eigenvalue weighted by Gasteiger charge is 2.23. The van der Waals surface area contributed by atoms with Gasteiger partial charge in [0.05, 0.1) is 26.5 Å². The molecule has 8 nitrogen and oxygen atoms in total. The molecule has 1 amide bonds. The van der Waals surface area contributed by atoms with Gasteiger partial charge in [0.25, 0.3) is 0 Å². The Hall–Kier alpha value is -3.41. The minimum absolute atomic E-state index is 0.0466. The maximum Gasteiger partial charge on any atom is 0.224 e. The van der Waals surface area contributed by atoms with E-state index < -0.39 is 6.10 Å². The summed E-state index contributed by atoms with van der Waals surface area (Å²) < 4.78 is 22.4. The lowest BCUT2D eigenvalue weighted by Crippen LogP contribution is -2.32. The minimum atomic E-state index is -0.689. The number of aliphatic hydroxyl groups excluding tert-OH is 1. The number of carbonyl (C=O) groups excluding carboxylic acids is 1. The second-order valence-electron chi connectivity index (χ2n) is 8.61. The number of benzene rings is 2. The third kappa shape index (κ3) is 8.08. The molecule has 1 unspecified atom stereocenters. The number of carbonyl (C=O) groups is 1. The molecule has 1 aliphatic heterocycles. The molecule has 0 spiro atoms. The highest BCUT2D eigenvalue weighted by Crippen LogP contribution is 2.39. The smallest absolute Gasteiger partial charge is 0.224 e. The number of nitrogens with one attached hydrogen (secondary N) is 2. The van der Waals surface area contributed by atoms with Crippen molar-refractivity contribution < 1.29 is 28.8 Å². The summed E-state index contributed by atoms with van der Waals surface area (Å²) in [5, 5.41) is 16.6. The molecule has 1 atom stereocenters. The Morgan fingerprint density at radius 3 is 2.56 bits per heavy atom. The third-order valence-electron chi connectivity index (χ3n) is 5.88. The van der Waals surface area contributed by atoms with Crippen LogP contribution in [0.2, 0.25) is 0 Å².